The first kappa shape index (κ1) is 18.7. The average molecular weight is 357 g/mol. The fourth-order valence-corrected chi connectivity index (χ4v) is 3.85. The summed E-state index contributed by atoms with van der Waals surface area (Å²) in [7, 11) is 0. The third-order valence-corrected chi connectivity index (χ3v) is 5.44. The van der Waals surface area contributed by atoms with E-state index in [0.717, 1.165) is 51.3 Å². The summed E-state index contributed by atoms with van der Waals surface area (Å²) in [5, 5.41) is 6.38. The smallest absolute Gasteiger partial charge is 0.242 e. The zero-order valence-electron chi connectivity index (χ0n) is 16.1. The van der Waals surface area contributed by atoms with Crippen LogP contribution in [-0.4, -0.2) is 49.0 Å². The molecule has 1 aliphatic heterocycles. The van der Waals surface area contributed by atoms with Gasteiger partial charge in [-0.05, 0) is 43.6 Å². The molecule has 1 aliphatic carbocycles. The minimum absolute atomic E-state index is 0.0362. The summed E-state index contributed by atoms with van der Waals surface area (Å²) in [6.45, 7) is 7.36. The first-order valence-electron chi connectivity index (χ1n) is 10.1. The monoisotopic (exact) mass is 356 g/mol. The molecule has 26 heavy (non-hydrogen) atoms. The van der Waals surface area contributed by atoms with Gasteiger partial charge in [0.05, 0.1) is 0 Å². The Morgan fingerprint density at radius 1 is 1.19 bits per heavy atom. The Balaban J connectivity index is 1.63. The second-order valence-electron chi connectivity index (χ2n) is 7.43. The fraction of sp³-hybridized carbons (Fsp3) is 0.619. The quantitative estimate of drug-likeness (QED) is 0.609. The Kier molecular flexibility index (Phi) is 6.53. The van der Waals surface area contributed by atoms with Crippen LogP contribution in [0.5, 0.6) is 0 Å². The van der Waals surface area contributed by atoms with Crippen molar-refractivity contribution in [3.8, 4) is 0 Å². The van der Waals surface area contributed by atoms with Crippen molar-refractivity contribution in [2.24, 2.45) is 10.9 Å². The van der Waals surface area contributed by atoms with E-state index < -0.39 is 0 Å². The third kappa shape index (κ3) is 4.99. The van der Waals surface area contributed by atoms with Gasteiger partial charge < -0.3 is 15.5 Å². The van der Waals surface area contributed by atoms with Gasteiger partial charge in [0.25, 0.3) is 0 Å². The van der Waals surface area contributed by atoms with Crippen LogP contribution in [0.1, 0.15) is 51.0 Å². The molecule has 1 amide bonds. The Bertz CT molecular complexity index is 612. The molecule has 5 nitrogen and oxygen atoms in total. The second kappa shape index (κ2) is 9.06. The fourth-order valence-electron chi connectivity index (χ4n) is 3.85. The van der Waals surface area contributed by atoms with E-state index in [2.05, 4.69) is 64.7 Å². The minimum Gasteiger partial charge on any atom is -0.357 e. The molecule has 1 heterocycles. The van der Waals surface area contributed by atoms with E-state index in [1.165, 1.54) is 5.56 Å². The number of carbonyl (C=O) groups excluding carboxylic acids is 1. The van der Waals surface area contributed by atoms with Crippen molar-refractivity contribution in [1.29, 1.82) is 0 Å². The molecule has 2 atom stereocenters. The van der Waals surface area contributed by atoms with Gasteiger partial charge in [0.2, 0.25) is 5.91 Å². The van der Waals surface area contributed by atoms with Crippen molar-refractivity contribution in [1.82, 2.24) is 15.5 Å². The number of carbonyl (C=O) groups is 1. The van der Waals surface area contributed by atoms with E-state index in [4.69, 9.17) is 0 Å². The molecule has 2 aliphatic rings. The van der Waals surface area contributed by atoms with E-state index in [-0.39, 0.29) is 12.5 Å². The van der Waals surface area contributed by atoms with E-state index in [0.29, 0.717) is 17.9 Å². The molecule has 2 N–H and O–H groups in total. The molecular formula is C21H32N4O. The molecule has 3 rings (SSSR count). The maximum Gasteiger partial charge on any atom is 0.242 e. The number of nitrogens with one attached hydrogen (secondary N) is 2. The lowest BCUT2D eigenvalue weighted by molar-refractivity contribution is -0.119. The van der Waals surface area contributed by atoms with Crippen LogP contribution >= 0.6 is 0 Å². The largest absolute Gasteiger partial charge is 0.357 e. The van der Waals surface area contributed by atoms with Crippen molar-refractivity contribution < 1.29 is 4.79 Å². The van der Waals surface area contributed by atoms with Gasteiger partial charge in [-0.1, -0.05) is 43.7 Å². The maximum absolute atomic E-state index is 12.0. The number of nitrogens with zero attached hydrogens (tertiary/aromatic N) is 2. The first-order valence-corrected chi connectivity index (χ1v) is 10.1. The molecule has 0 radical (unpaired) electrons. The zero-order chi connectivity index (χ0) is 18.4. The third-order valence-electron chi connectivity index (χ3n) is 5.44. The summed E-state index contributed by atoms with van der Waals surface area (Å²) in [5.74, 6) is 2.13. The number of guanidine groups is 1. The van der Waals surface area contributed by atoms with Gasteiger partial charge in [-0.2, -0.15) is 0 Å². The number of amides is 1. The summed E-state index contributed by atoms with van der Waals surface area (Å²) in [4.78, 5) is 18.9. The molecule has 5 heteroatoms. The molecule has 0 spiro atoms. The Morgan fingerprint density at radius 2 is 1.96 bits per heavy atom. The molecule has 2 fully saturated rings. The molecule has 1 saturated carbocycles. The van der Waals surface area contributed by atoms with E-state index >= 15 is 0 Å². The van der Waals surface area contributed by atoms with E-state index in [9.17, 15) is 4.79 Å². The van der Waals surface area contributed by atoms with Crippen molar-refractivity contribution in [2.75, 3.05) is 26.2 Å². The van der Waals surface area contributed by atoms with Crippen LogP contribution in [-0.2, 0) is 4.79 Å². The highest BCUT2D eigenvalue weighted by molar-refractivity contribution is 5.85. The lowest BCUT2D eigenvalue weighted by atomic mass is 9.79. The van der Waals surface area contributed by atoms with Crippen molar-refractivity contribution >= 4 is 11.9 Å². The number of piperidine rings is 1. The van der Waals surface area contributed by atoms with Crippen molar-refractivity contribution in [3.63, 3.8) is 0 Å². The standard InChI is InChI=1S/C21H32N4O/c1-3-16-15-25(13-12-19(16)17-8-6-5-7-9-17)21(22-4-2)23-14-20(26)24-18-10-11-18/h5-9,16,18-19H,3-4,10-15H2,1-2H3,(H,22,23)(H,24,26). The molecule has 142 valence electrons. The molecule has 2 unspecified atom stereocenters. The number of aliphatic imine (C=N–C) groups is 1. The molecule has 1 aromatic carbocycles. The average Bonchev–Trinajstić information content (AvgIpc) is 3.49. The number of hydrogen-bond donors (Lipinski definition) is 2. The first-order chi connectivity index (χ1) is 12.7. The number of likely N-dealkylation sites (tertiary alicyclic amines) is 1. The van der Waals surface area contributed by atoms with Gasteiger partial charge in [-0.3, -0.25) is 4.79 Å². The summed E-state index contributed by atoms with van der Waals surface area (Å²) < 4.78 is 0. The van der Waals surface area contributed by atoms with E-state index in [1.807, 2.05) is 0 Å². The van der Waals surface area contributed by atoms with Crippen LogP contribution in [0.4, 0.5) is 0 Å². The van der Waals surface area contributed by atoms with Gasteiger partial charge in [-0.25, -0.2) is 4.99 Å². The molecular weight excluding hydrogens is 324 g/mol. The Labute approximate surface area is 157 Å². The topological polar surface area (TPSA) is 56.7 Å². The summed E-state index contributed by atoms with van der Waals surface area (Å²) >= 11 is 0. The summed E-state index contributed by atoms with van der Waals surface area (Å²) in [5.41, 5.74) is 1.45. The number of rotatable bonds is 6. The minimum atomic E-state index is 0.0362. The lowest BCUT2D eigenvalue weighted by Crippen LogP contribution is -2.48. The second-order valence-corrected chi connectivity index (χ2v) is 7.43. The molecule has 0 aromatic heterocycles. The highest BCUT2D eigenvalue weighted by atomic mass is 16.2. The van der Waals surface area contributed by atoms with Crippen LogP contribution in [0.3, 0.4) is 0 Å². The van der Waals surface area contributed by atoms with Crippen LogP contribution in [0.15, 0.2) is 35.3 Å². The van der Waals surface area contributed by atoms with Gasteiger partial charge >= 0.3 is 0 Å². The van der Waals surface area contributed by atoms with Gasteiger partial charge in [0.15, 0.2) is 5.96 Å². The Hall–Kier alpha value is -2.04. The van der Waals surface area contributed by atoms with Crippen LogP contribution in [0, 0.1) is 5.92 Å². The molecule has 1 saturated heterocycles. The summed E-state index contributed by atoms with van der Waals surface area (Å²) in [6.07, 6.45) is 4.50. The van der Waals surface area contributed by atoms with Crippen LogP contribution in [0.2, 0.25) is 0 Å². The van der Waals surface area contributed by atoms with E-state index in [1.54, 1.807) is 0 Å². The maximum atomic E-state index is 12.0. The van der Waals surface area contributed by atoms with Gasteiger partial charge in [0, 0.05) is 25.7 Å². The molecule has 1 aromatic rings. The zero-order valence-corrected chi connectivity index (χ0v) is 16.1. The van der Waals surface area contributed by atoms with Gasteiger partial charge in [0.1, 0.15) is 6.54 Å². The highest BCUT2D eigenvalue weighted by Crippen LogP contribution is 2.34. The summed E-state index contributed by atoms with van der Waals surface area (Å²) in [6, 6.07) is 11.3. The van der Waals surface area contributed by atoms with Crippen LogP contribution < -0.4 is 10.6 Å². The van der Waals surface area contributed by atoms with Gasteiger partial charge in [-0.15, -0.1) is 0 Å². The SMILES string of the molecule is CCNC(=NCC(=O)NC1CC1)N1CCC(c2ccccc2)C(CC)C1. The van der Waals surface area contributed by atoms with Crippen molar-refractivity contribution in [3.05, 3.63) is 35.9 Å². The molecule has 0 bridgehead atoms. The number of hydrogen-bond acceptors (Lipinski definition) is 2. The predicted octanol–water partition coefficient (Wildman–Crippen LogP) is 2.75. The highest BCUT2D eigenvalue weighted by Gasteiger charge is 2.30. The lowest BCUT2D eigenvalue weighted by Gasteiger charge is -2.40. The van der Waals surface area contributed by atoms with Crippen molar-refractivity contribution in [2.45, 2.75) is 51.5 Å². The normalized spacial score (nSPS) is 23.6. The Morgan fingerprint density at radius 3 is 2.62 bits per heavy atom. The predicted molar refractivity (Wildman–Crippen MR) is 106 cm³/mol. The van der Waals surface area contributed by atoms with Crippen LogP contribution in [0.25, 0.3) is 0 Å². The number of benzene rings is 1.